The molecular weight excluding hydrogens is 297 g/mol. The molecule has 23 heavy (non-hydrogen) atoms. The van der Waals surface area contributed by atoms with Crippen LogP contribution in [-0.4, -0.2) is 39.5 Å². The number of ether oxygens (including phenoxy) is 1. The average molecular weight is 317 g/mol. The van der Waals surface area contributed by atoms with E-state index in [0.29, 0.717) is 19.1 Å². The standard InChI is InChI=1S/C16H20FN5O/c1-21-15-12(4-20-21)7-22(16-18-5-14(17)6-19-16)8-13(15)10-23-9-11-2-3-11/h4-6,11,13H,2-3,7-10H2,1H3. The third kappa shape index (κ3) is 3.06. The van der Waals surface area contributed by atoms with Crippen LogP contribution in [0.4, 0.5) is 10.3 Å². The molecule has 122 valence electrons. The van der Waals surface area contributed by atoms with Crippen molar-refractivity contribution in [2.45, 2.75) is 25.3 Å². The van der Waals surface area contributed by atoms with Gasteiger partial charge in [-0.3, -0.25) is 4.68 Å². The fourth-order valence-electron chi connectivity index (χ4n) is 3.18. The summed E-state index contributed by atoms with van der Waals surface area (Å²) in [7, 11) is 1.97. The van der Waals surface area contributed by atoms with E-state index in [4.69, 9.17) is 4.74 Å². The van der Waals surface area contributed by atoms with Crippen LogP contribution in [0.1, 0.15) is 30.0 Å². The van der Waals surface area contributed by atoms with Gasteiger partial charge in [0, 0.05) is 38.2 Å². The quantitative estimate of drug-likeness (QED) is 0.843. The van der Waals surface area contributed by atoms with E-state index in [9.17, 15) is 4.39 Å². The van der Waals surface area contributed by atoms with Crippen LogP contribution < -0.4 is 4.90 Å². The Hall–Kier alpha value is -2.02. The van der Waals surface area contributed by atoms with Crippen molar-refractivity contribution < 1.29 is 9.13 Å². The zero-order valence-corrected chi connectivity index (χ0v) is 13.2. The Bertz CT molecular complexity index is 682. The molecule has 2 aliphatic rings. The highest BCUT2D eigenvalue weighted by Crippen LogP contribution is 2.32. The maximum atomic E-state index is 13.0. The number of aryl methyl sites for hydroxylation is 1. The number of hydrogen-bond donors (Lipinski definition) is 0. The average Bonchev–Trinajstić information content (AvgIpc) is 3.30. The number of anilines is 1. The van der Waals surface area contributed by atoms with Gasteiger partial charge in [0.15, 0.2) is 5.82 Å². The maximum Gasteiger partial charge on any atom is 0.225 e. The van der Waals surface area contributed by atoms with E-state index in [1.807, 2.05) is 17.9 Å². The first-order valence-electron chi connectivity index (χ1n) is 8.01. The van der Waals surface area contributed by atoms with Crippen molar-refractivity contribution in [3.05, 3.63) is 35.7 Å². The highest BCUT2D eigenvalue weighted by Gasteiger charge is 2.31. The summed E-state index contributed by atoms with van der Waals surface area (Å²) in [6.07, 6.45) is 6.88. The van der Waals surface area contributed by atoms with Crippen LogP contribution in [0.3, 0.4) is 0 Å². The monoisotopic (exact) mass is 317 g/mol. The van der Waals surface area contributed by atoms with Gasteiger partial charge in [-0.05, 0) is 18.8 Å². The van der Waals surface area contributed by atoms with Gasteiger partial charge in [-0.1, -0.05) is 0 Å². The van der Waals surface area contributed by atoms with E-state index in [1.165, 1.54) is 30.9 Å². The van der Waals surface area contributed by atoms with Crippen molar-refractivity contribution in [3.63, 3.8) is 0 Å². The molecule has 1 aliphatic carbocycles. The molecule has 1 atom stereocenters. The van der Waals surface area contributed by atoms with Crippen molar-refractivity contribution in [1.29, 1.82) is 0 Å². The smallest absolute Gasteiger partial charge is 0.225 e. The minimum atomic E-state index is -0.419. The van der Waals surface area contributed by atoms with Gasteiger partial charge < -0.3 is 9.64 Å². The van der Waals surface area contributed by atoms with Gasteiger partial charge in [-0.25, -0.2) is 14.4 Å². The summed E-state index contributed by atoms with van der Waals surface area (Å²) < 4.78 is 20.9. The van der Waals surface area contributed by atoms with Crippen LogP contribution in [0.15, 0.2) is 18.6 Å². The third-order valence-electron chi connectivity index (χ3n) is 4.51. The molecule has 0 radical (unpaired) electrons. The summed E-state index contributed by atoms with van der Waals surface area (Å²) in [4.78, 5) is 10.3. The zero-order valence-electron chi connectivity index (χ0n) is 13.2. The van der Waals surface area contributed by atoms with E-state index < -0.39 is 5.82 Å². The van der Waals surface area contributed by atoms with Crippen LogP contribution in [0.2, 0.25) is 0 Å². The lowest BCUT2D eigenvalue weighted by Crippen LogP contribution is -2.37. The molecule has 1 unspecified atom stereocenters. The van der Waals surface area contributed by atoms with E-state index in [-0.39, 0.29) is 5.92 Å². The van der Waals surface area contributed by atoms with E-state index >= 15 is 0 Å². The summed E-state index contributed by atoms with van der Waals surface area (Å²) in [5.41, 5.74) is 2.38. The molecule has 0 spiro atoms. The first-order chi connectivity index (χ1) is 11.2. The molecule has 0 aromatic carbocycles. The lowest BCUT2D eigenvalue weighted by molar-refractivity contribution is 0.108. The van der Waals surface area contributed by atoms with Gasteiger partial charge in [0.25, 0.3) is 0 Å². The van der Waals surface area contributed by atoms with Gasteiger partial charge in [0.2, 0.25) is 5.95 Å². The number of aromatic nitrogens is 4. The van der Waals surface area contributed by atoms with Crippen LogP contribution in [0, 0.1) is 11.7 Å². The van der Waals surface area contributed by atoms with Gasteiger partial charge in [0.1, 0.15) is 0 Å². The van der Waals surface area contributed by atoms with Gasteiger partial charge >= 0.3 is 0 Å². The molecule has 0 N–H and O–H groups in total. The number of hydrogen-bond acceptors (Lipinski definition) is 5. The van der Waals surface area contributed by atoms with Crippen LogP contribution in [-0.2, 0) is 18.3 Å². The summed E-state index contributed by atoms with van der Waals surface area (Å²) >= 11 is 0. The van der Waals surface area contributed by atoms with E-state index in [0.717, 1.165) is 24.6 Å². The van der Waals surface area contributed by atoms with Crippen molar-refractivity contribution >= 4 is 5.95 Å². The number of rotatable bonds is 5. The minimum Gasteiger partial charge on any atom is -0.380 e. The summed E-state index contributed by atoms with van der Waals surface area (Å²) in [6, 6.07) is 0. The highest BCUT2D eigenvalue weighted by molar-refractivity contribution is 5.38. The molecular formula is C16H20FN5O. The first-order valence-corrected chi connectivity index (χ1v) is 8.01. The van der Waals surface area contributed by atoms with Crippen LogP contribution in [0.5, 0.6) is 0 Å². The normalized spacial score (nSPS) is 20.6. The van der Waals surface area contributed by atoms with E-state index in [2.05, 4.69) is 20.0 Å². The summed E-state index contributed by atoms with van der Waals surface area (Å²) in [5.74, 6) is 1.10. The Morgan fingerprint density at radius 2 is 2.00 bits per heavy atom. The van der Waals surface area contributed by atoms with E-state index in [1.54, 1.807) is 0 Å². The fraction of sp³-hybridized carbons (Fsp3) is 0.562. The second-order valence-electron chi connectivity index (χ2n) is 6.44. The molecule has 0 saturated heterocycles. The zero-order chi connectivity index (χ0) is 15.8. The largest absolute Gasteiger partial charge is 0.380 e. The highest BCUT2D eigenvalue weighted by atomic mass is 19.1. The Kier molecular flexibility index (Phi) is 3.72. The topological polar surface area (TPSA) is 56.1 Å². The second kappa shape index (κ2) is 5.88. The lowest BCUT2D eigenvalue weighted by atomic mass is 9.97. The lowest BCUT2D eigenvalue weighted by Gasteiger charge is -2.33. The SMILES string of the molecule is Cn1ncc2c1C(COCC1CC1)CN(c1ncc(F)cn1)C2. The molecule has 0 bridgehead atoms. The van der Waals surface area contributed by atoms with Crippen LogP contribution >= 0.6 is 0 Å². The Morgan fingerprint density at radius 3 is 2.74 bits per heavy atom. The Labute approximate surface area is 134 Å². The predicted octanol–water partition coefficient (Wildman–Crippen LogP) is 1.88. The molecule has 1 saturated carbocycles. The number of fused-ring (bicyclic) bond motifs is 1. The number of nitrogens with zero attached hydrogens (tertiary/aromatic N) is 5. The predicted molar refractivity (Wildman–Crippen MR) is 82.5 cm³/mol. The van der Waals surface area contributed by atoms with Crippen molar-refractivity contribution in [3.8, 4) is 0 Å². The second-order valence-corrected chi connectivity index (χ2v) is 6.44. The van der Waals surface area contributed by atoms with Crippen LogP contribution in [0.25, 0.3) is 0 Å². The molecule has 7 heteroatoms. The molecule has 1 aliphatic heterocycles. The Morgan fingerprint density at radius 1 is 1.22 bits per heavy atom. The molecule has 3 heterocycles. The van der Waals surface area contributed by atoms with Gasteiger partial charge in [0.05, 0.1) is 30.9 Å². The first kappa shape index (κ1) is 14.6. The summed E-state index contributed by atoms with van der Waals surface area (Å²) in [5, 5.41) is 4.38. The minimum absolute atomic E-state index is 0.221. The Balaban J connectivity index is 1.53. The summed E-state index contributed by atoms with van der Waals surface area (Å²) in [6.45, 7) is 2.95. The molecule has 4 rings (SSSR count). The molecule has 2 aromatic heterocycles. The van der Waals surface area contributed by atoms with Crippen molar-refractivity contribution in [1.82, 2.24) is 19.7 Å². The van der Waals surface area contributed by atoms with Gasteiger partial charge in [-0.15, -0.1) is 0 Å². The fourth-order valence-corrected chi connectivity index (χ4v) is 3.18. The molecule has 1 fully saturated rings. The van der Waals surface area contributed by atoms with Gasteiger partial charge in [-0.2, -0.15) is 5.10 Å². The van der Waals surface area contributed by atoms with Crippen molar-refractivity contribution in [2.24, 2.45) is 13.0 Å². The molecule has 0 amide bonds. The van der Waals surface area contributed by atoms with Crippen molar-refractivity contribution in [2.75, 3.05) is 24.7 Å². The molecule has 2 aromatic rings. The number of halogens is 1. The molecule has 6 nitrogen and oxygen atoms in total. The maximum absolute atomic E-state index is 13.0. The third-order valence-corrected chi connectivity index (χ3v) is 4.51.